The van der Waals surface area contributed by atoms with Crippen molar-refractivity contribution in [2.75, 3.05) is 5.32 Å². The molecule has 0 atom stereocenters. The van der Waals surface area contributed by atoms with Crippen LogP contribution in [-0.4, -0.2) is 25.0 Å². The summed E-state index contributed by atoms with van der Waals surface area (Å²) in [4.78, 5) is 17.7. The fourth-order valence-corrected chi connectivity index (χ4v) is 3.30. The molecule has 0 radical (unpaired) electrons. The maximum absolute atomic E-state index is 13.9. The molecule has 0 saturated carbocycles. The lowest BCUT2D eigenvalue weighted by atomic mass is 10.3. The number of hydrogen-bond acceptors (Lipinski definition) is 6. The van der Waals surface area contributed by atoms with Crippen LogP contribution >= 0.6 is 22.9 Å². The molecule has 0 fully saturated rings. The maximum Gasteiger partial charge on any atom is 0.292 e. The van der Waals surface area contributed by atoms with E-state index in [-0.39, 0.29) is 22.9 Å². The summed E-state index contributed by atoms with van der Waals surface area (Å²) in [5, 5.41) is 15.5. The Morgan fingerprint density at radius 1 is 1.29 bits per heavy atom. The number of benzene rings is 1. The Morgan fingerprint density at radius 2 is 2.14 bits per heavy atom. The van der Waals surface area contributed by atoms with Gasteiger partial charge in [-0.05, 0) is 23.6 Å². The molecule has 0 bridgehead atoms. The van der Waals surface area contributed by atoms with Gasteiger partial charge in [-0.25, -0.2) is 13.8 Å². The molecule has 4 rings (SSSR count). The van der Waals surface area contributed by atoms with Gasteiger partial charge in [0.1, 0.15) is 22.4 Å². The molecule has 3 heterocycles. The van der Waals surface area contributed by atoms with Crippen LogP contribution in [0.5, 0.6) is 0 Å². The number of anilines is 1. The highest BCUT2D eigenvalue weighted by molar-refractivity contribution is 7.13. The third kappa shape index (κ3) is 3.51. The van der Waals surface area contributed by atoms with Crippen LogP contribution in [0.15, 0.2) is 46.7 Å². The van der Waals surface area contributed by atoms with Crippen molar-refractivity contribution in [3.8, 4) is 16.4 Å². The quantitative estimate of drug-likeness (QED) is 0.514. The smallest absolute Gasteiger partial charge is 0.292 e. The van der Waals surface area contributed by atoms with Crippen LogP contribution < -0.4 is 10.9 Å². The zero-order valence-electron chi connectivity index (χ0n) is 14.0. The molecule has 0 spiro atoms. The topological polar surface area (TPSA) is 88.5 Å². The lowest BCUT2D eigenvalue weighted by molar-refractivity contribution is 0.571. The van der Waals surface area contributed by atoms with E-state index >= 15 is 0 Å². The Morgan fingerprint density at radius 3 is 2.89 bits per heavy atom. The van der Waals surface area contributed by atoms with Crippen molar-refractivity contribution in [2.45, 2.75) is 6.54 Å². The van der Waals surface area contributed by atoms with E-state index in [4.69, 9.17) is 11.6 Å². The summed E-state index contributed by atoms with van der Waals surface area (Å²) < 4.78 is 27.8. The van der Waals surface area contributed by atoms with Gasteiger partial charge in [0.2, 0.25) is 0 Å². The van der Waals surface area contributed by atoms with Gasteiger partial charge in [0.15, 0.2) is 11.6 Å². The summed E-state index contributed by atoms with van der Waals surface area (Å²) in [6.07, 6.45) is 1.28. The van der Waals surface area contributed by atoms with Gasteiger partial charge in [-0.2, -0.15) is 14.9 Å². The van der Waals surface area contributed by atoms with Crippen LogP contribution in [0.25, 0.3) is 16.4 Å². The second kappa shape index (κ2) is 7.49. The molecule has 0 aliphatic heterocycles. The van der Waals surface area contributed by atoms with E-state index in [1.807, 2.05) is 17.5 Å². The predicted octanol–water partition coefficient (Wildman–Crippen LogP) is 3.62. The average molecular weight is 421 g/mol. The van der Waals surface area contributed by atoms with E-state index in [9.17, 15) is 13.6 Å². The van der Waals surface area contributed by atoms with Crippen molar-refractivity contribution in [3.05, 3.63) is 74.7 Å². The second-order valence-electron chi connectivity index (χ2n) is 5.62. The van der Waals surface area contributed by atoms with Crippen LogP contribution in [0.2, 0.25) is 5.02 Å². The van der Waals surface area contributed by atoms with Gasteiger partial charge in [-0.3, -0.25) is 9.89 Å². The molecule has 3 aromatic heterocycles. The standard InChI is InChI=1S/C17H11ClF2N6OS/c18-15-11(21-8-14-23-16(25-24-14)13-2-1-5-28-13)7-22-26(17(15)27)12-4-3-9(19)6-10(12)20/h1-7,21H,8H2,(H,23,24,25). The highest BCUT2D eigenvalue weighted by Crippen LogP contribution is 2.21. The summed E-state index contributed by atoms with van der Waals surface area (Å²) in [7, 11) is 0. The van der Waals surface area contributed by atoms with E-state index in [1.165, 1.54) is 17.5 Å². The SMILES string of the molecule is O=c1c(Cl)c(NCc2nc(-c3cccs3)n[nH]2)cnn1-c1ccc(F)cc1F. The van der Waals surface area contributed by atoms with Gasteiger partial charge < -0.3 is 5.32 Å². The molecular weight excluding hydrogens is 410 g/mol. The number of rotatable bonds is 5. The summed E-state index contributed by atoms with van der Waals surface area (Å²) in [5.41, 5.74) is -0.691. The van der Waals surface area contributed by atoms with Crippen molar-refractivity contribution in [1.82, 2.24) is 25.0 Å². The third-order valence-electron chi connectivity index (χ3n) is 3.78. The monoisotopic (exact) mass is 420 g/mol. The fourth-order valence-electron chi connectivity index (χ4n) is 2.45. The van der Waals surface area contributed by atoms with Crippen molar-refractivity contribution in [1.29, 1.82) is 0 Å². The number of aromatic amines is 1. The first kappa shape index (κ1) is 18.3. The predicted molar refractivity (Wildman–Crippen MR) is 102 cm³/mol. The Hall–Kier alpha value is -3.11. The van der Waals surface area contributed by atoms with Crippen molar-refractivity contribution in [2.24, 2.45) is 0 Å². The first-order valence-electron chi connectivity index (χ1n) is 7.95. The van der Waals surface area contributed by atoms with Crippen molar-refractivity contribution < 1.29 is 8.78 Å². The fraction of sp³-hybridized carbons (Fsp3) is 0.0588. The Labute approximate surface area is 165 Å². The van der Waals surface area contributed by atoms with Crippen molar-refractivity contribution >= 4 is 28.6 Å². The zero-order valence-corrected chi connectivity index (χ0v) is 15.6. The highest BCUT2D eigenvalue weighted by atomic mass is 35.5. The average Bonchev–Trinajstić information content (AvgIpc) is 3.35. The number of H-pyrrole nitrogens is 1. The number of hydrogen-bond donors (Lipinski definition) is 2. The number of aromatic nitrogens is 5. The minimum atomic E-state index is -0.922. The maximum atomic E-state index is 13.9. The number of nitrogens with one attached hydrogen (secondary N) is 2. The molecular formula is C17H11ClF2N6OS. The van der Waals surface area contributed by atoms with Gasteiger partial charge in [-0.15, -0.1) is 11.3 Å². The van der Waals surface area contributed by atoms with Crippen LogP contribution in [0, 0.1) is 11.6 Å². The molecule has 142 valence electrons. The zero-order chi connectivity index (χ0) is 19.7. The number of thiophene rings is 1. The lowest BCUT2D eigenvalue weighted by Gasteiger charge is -2.10. The largest absolute Gasteiger partial charge is 0.375 e. The van der Waals surface area contributed by atoms with Crippen molar-refractivity contribution in [3.63, 3.8) is 0 Å². The molecule has 11 heteroatoms. The Balaban J connectivity index is 1.55. The van der Waals surface area contributed by atoms with Gasteiger partial charge in [0.25, 0.3) is 5.56 Å². The molecule has 0 aliphatic carbocycles. The molecule has 28 heavy (non-hydrogen) atoms. The van der Waals surface area contributed by atoms with E-state index in [0.29, 0.717) is 17.7 Å². The van der Waals surface area contributed by atoms with E-state index in [2.05, 4.69) is 25.6 Å². The molecule has 7 nitrogen and oxygen atoms in total. The van der Waals surface area contributed by atoms with Gasteiger partial charge in [0.05, 0.1) is 23.3 Å². The molecule has 0 unspecified atom stereocenters. The first-order valence-corrected chi connectivity index (χ1v) is 9.21. The molecule has 4 aromatic rings. The Bertz CT molecular complexity index is 1190. The van der Waals surface area contributed by atoms with Crippen LogP contribution in [0.3, 0.4) is 0 Å². The lowest BCUT2D eigenvalue weighted by Crippen LogP contribution is -2.23. The summed E-state index contributed by atoms with van der Waals surface area (Å²) in [6, 6.07) is 6.61. The van der Waals surface area contributed by atoms with Gasteiger partial charge in [0, 0.05) is 6.07 Å². The van der Waals surface area contributed by atoms with E-state index in [1.54, 1.807) is 0 Å². The normalized spacial score (nSPS) is 11.0. The summed E-state index contributed by atoms with van der Waals surface area (Å²) in [5.74, 6) is -0.576. The molecule has 1 aromatic carbocycles. The van der Waals surface area contributed by atoms with E-state index in [0.717, 1.165) is 21.7 Å². The van der Waals surface area contributed by atoms with E-state index < -0.39 is 17.2 Å². The minimum absolute atomic E-state index is 0.184. The Kier molecular flexibility index (Phi) is 4.88. The van der Waals surface area contributed by atoms with Gasteiger partial charge >= 0.3 is 0 Å². The number of halogens is 3. The third-order valence-corrected chi connectivity index (χ3v) is 5.01. The molecule has 0 saturated heterocycles. The molecule has 0 aliphatic rings. The first-order chi connectivity index (χ1) is 13.5. The van der Waals surface area contributed by atoms with Crippen LogP contribution in [0.4, 0.5) is 14.5 Å². The number of nitrogens with zero attached hydrogens (tertiary/aromatic N) is 4. The molecule has 2 N–H and O–H groups in total. The van der Waals surface area contributed by atoms with Crippen LogP contribution in [0.1, 0.15) is 5.82 Å². The minimum Gasteiger partial charge on any atom is -0.375 e. The van der Waals surface area contributed by atoms with Gasteiger partial charge in [-0.1, -0.05) is 17.7 Å². The second-order valence-corrected chi connectivity index (χ2v) is 6.95. The van der Waals surface area contributed by atoms with Crippen LogP contribution in [-0.2, 0) is 6.54 Å². The molecule has 0 amide bonds. The summed E-state index contributed by atoms with van der Waals surface area (Å²) in [6.45, 7) is 0.216. The highest BCUT2D eigenvalue weighted by Gasteiger charge is 2.15. The summed E-state index contributed by atoms with van der Waals surface area (Å²) >= 11 is 7.62.